The Morgan fingerprint density at radius 1 is 1.09 bits per heavy atom. The quantitative estimate of drug-likeness (QED) is 0.361. The van der Waals surface area contributed by atoms with Gasteiger partial charge in [0, 0.05) is 17.5 Å². The fourth-order valence-electron chi connectivity index (χ4n) is 3.80. The topological polar surface area (TPSA) is 99.8 Å². The van der Waals surface area contributed by atoms with Crippen LogP contribution in [0.1, 0.15) is 17.7 Å². The van der Waals surface area contributed by atoms with Gasteiger partial charge in [-0.05, 0) is 49.2 Å². The Hall–Kier alpha value is -4.24. The van der Waals surface area contributed by atoms with E-state index in [1.807, 2.05) is 49.4 Å². The minimum absolute atomic E-state index is 0.123. The van der Waals surface area contributed by atoms with Crippen molar-refractivity contribution in [1.82, 2.24) is 29.5 Å². The van der Waals surface area contributed by atoms with Crippen molar-refractivity contribution in [3.05, 3.63) is 83.4 Å². The lowest BCUT2D eigenvalue weighted by molar-refractivity contribution is -0.116. The molecule has 9 nitrogen and oxygen atoms in total. The Balaban J connectivity index is 1.40. The van der Waals surface area contributed by atoms with Crippen LogP contribution in [0.15, 0.2) is 67.1 Å². The van der Waals surface area contributed by atoms with E-state index in [2.05, 4.69) is 25.5 Å². The molecule has 0 aliphatic carbocycles. The van der Waals surface area contributed by atoms with Crippen LogP contribution >= 0.6 is 11.6 Å². The maximum Gasteiger partial charge on any atom is 0.225 e. The minimum atomic E-state index is -0.123. The predicted octanol–water partition coefficient (Wildman–Crippen LogP) is 4.54. The van der Waals surface area contributed by atoms with E-state index in [1.54, 1.807) is 34.8 Å². The third-order valence-electron chi connectivity index (χ3n) is 5.50. The van der Waals surface area contributed by atoms with Crippen molar-refractivity contribution in [2.24, 2.45) is 0 Å². The lowest BCUT2D eigenvalue weighted by atomic mass is 10.1. The summed E-state index contributed by atoms with van der Waals surface area (Å²) >= 11 is 6.16. The zero-order valence-electron chi connectivity index (χ0n) is 19.1. The summed E-state index contributed by atoms with van der Waals surface area (Å²) in [6, 6.07) is 16.8. The number of rotatable bonds is 7. The molecule has 3 heterocycles. The summed E-state index contributed by atoms with van der Waals surface area (Å²) in [4.78, 5) is 21.6. The second-order valence-corrected chi connectivity index (χ2v) is 8.39. The van der Waals surface area contributed by atoms with Crippen LogP contribution in [0.5, 0.6) is 5.75 Å². The lowest BCUT2D eigenvalue weighted by Gasteiger charge is -2.09. The average Bonchev–Trinajstić information content (AvgIpc) is 3.46. The highest BCUT2D eigenvalue weighted by Crippen LogP contribution is 2.25. The van der Waals surface area contributed by atoms with E-state index >= 15 is 0 Å². The molecule has 2 aromatic carbocycles. The average molecular weight is 488 g/mol. The highest BCUT2D eigenvalue weighted by molar-refractivity contribution is 6.30. The van der Waals surface area contributed by atoms with Crippen LogP contribution in [0.2, 0.25) is 5.02 Å². The smallest absolute Gasteiger partial charge is 0.225 e. The van der Waals surface area contributed by atoms with Gasteiger partial charge in [-0.25, -0.2) is 14.6 Å². The van der Waals surface area contributed by atoms with Crippen molar-refractivity contribution in [3.63, 3.8) is 0 Å². The van der Waals surface area contributed by atoms with Crippen LogP contribution in [0.25, 0.3) is 22.5 Å². The first-order valence-corrected chi connectivity index (χ1v) is 11.3. The molecule has 0 bridgehead atoms. The second-order valence-electron chi connectivity index (χ2n) is 7.95. The third kappa shape index (κ3) is 4.71. The molecule has 5 aromatic rings. The molecule has 0 atom stereocenters. The number of amides is 1. The summed E-state index contributed by atoms with van der Waals surface area (Å²) in [5.41, 5.74) is 3.17. The van der Waals surface area contributed by atoms with Crippen LogP contribution in [-0.4, -0.2) is 42.5 Å². The van der Waals surface area contributed by atoms with Gasteiger partial charge in [-0.15, -0.1) is 0 Å². The monoisotopic (exact) mass is 487 g/mol. The summed E-state index contributed by atoms with van der Waals surface area (Å²) in [5, 5.41) is 13.3. The Kier molecular flexibility index (Phi) is 6.15. The number of hydrogen-bond donors (Lipinski definition) is 1. The molecule has 0 aliphatic rings. The van der Waals surface area contributed by atoms with Crippen molar-refractivity contribution in [3.8, 4) is 17.3 Å². The molecule has 10 heteroatoms. The molecule has 0 saturated carbocycles. The van der Waals surface area contributed by atoms with E-state index in [1.165, 1.54) is 6.33 Å². The Labute approximate surface area is 206 Å². The van der Waals surface area contributed by atoms with Crippen LogP contribution in [-0.2, 0) is 11.2 Å². The molecule has 35 heavy (non-hydrogen) atoms. The molecule has 0 unspecified atom stereocenters. The second kappa shape index (κ2) is 9.55. The van der Waals surface area contributed by atoms with E-state index in [-0.39, 0.29) is 5.91 Å². The molecule has 176 valence electrons. The maximum atomic E-state index is 12.7. The summed E-state index contributed by atoms with van der Waals surface area (Å²) < 4.78 is 8.48. The number of hydrogen-bond acceptors (Lipinski definition) is 6. The molecular weight excluding hydrogens is 466 g/mol. The van der Waals surface area contributed by atoms with Gasteiger partial charge < -0.3 is 10.1 Å². The number of benzene rings is 2. The molecule has 0 aliphatic heterocycles. The molecule has 0 saturated heterocycles. The van der Waals surface area contributed by atoms with Crippen LogP contribution in [0.3, 0.4) is 0 Å². The molecule has 5 rings (SSSR count). The number of nitrogens with one attached hydrogen (secondary N) is 1. The molecule has 0 spiro atoms. The van der Waals surface area contributed by atoms with Gasteiger partial charge in [0.2, 0.25) is 5.91 Å². The van der Waals surface area contributed by atoms with Gasteiger partial charge in [0.15, 0.2) is 11.5 Å². The molecule has 1 N–H and O–H groups in total. The van der Waals surface area contributed by atoms with Crippen molar-refractivity contribution in [1.29, 1.82) is 0 Å². The van der Waals surface area contributed by atoms with E-state index < -0.39 is 0 Å². The Morgan fingerprint density at radius 3 is 2.69 bits per heavy atom. The summed E-state index contributed by atoms with van der Waals surface area (Å²) in [6.07, 6.45) is 4.06. The number of methoxy groups -OCH3 is 1. The van der Waals surface area contributed by atoms with Crippen LogP contribution < -0.4 is 10.1 Å². The highest BCUT2D eigenvalue weighted by Gasteiger charge is 2.18. The highest BCUT2D eigenvalue weighted by atomic mass is 35.5. The molecule has 1 amide bonds. The van der Waals surface area contributed by atoms with Crippen LogP contribution in [0, 0.1) is 6.92 Å². The maximum absolute atomic E-state index is 12.7. The van der Waals surface area contributed by atoms with E-state index in [4.69, 9.17) is 16.3 Å². The van der Waals surface area contributed by atoms with Crippen LogP contribution in [0.4, 0.5) is 5.82 Å². The van der Waals surface area contributed by atoms with E-state index in [0.29, 0.717) is 40.5 Å². The van der Waals surface area contributed by atoms with Gasteiger partial charge >= 0.3 is 0 Å². The van der Waals surface area contributed by atoms with E-state index in [0.717, 1.165) is 22.7 Å². The third-order valence-corrected chi connectivity index (χ3v) is 5.73. The molecule has 0 radical (unpaired) electrons. The van der Waals surface area contributed by atoms with Gasteiger partial charge in [0.25, 0.3) is 0 Å². The number of halogens is 1. The molecule has 3 aromatic heterocycles. The standard InChI is InChI=1S/C25H22ClN7O2/c1-16-12-22(30-23(34)11-8-17-6-9-20(35-2)10-7-17)33(31-16)25-21-14-29-32(24(21)27-15-28-25)19-5-3-4-18(26)13-19/h3-7,9-10,12-15H,8,11H2,1-2H3,(H,30,34). The number of aromatic nitrogens is 6. The SMILES string of the molecule is COc1ccc(CCC(=O)Nc2cc(C)nn2-c2ncnc3c2cnn3-c2cccc(Cl)c2)cc1. The lowest BCUT2D eigenvalue weighted by Crippen LogP contribution is -2.16. The van der Waals surface area contributed by atoms with Crippen molar-refractivity contribution < 1.29 is 9.53 Å². The first-order valence-electron chi connectivity index (χ1n) is 11.0. The van der Waals surface area contributed by atoms with E-state index in [9.17, 15) is 4.79 Å². The summed E-state index contributed by atoms with van der Waals surface area (Å²) in [7, 11) is 1.63. The predicted molar refractivity (Wildman–Crippen MR) is 133 cm³/mol. The number of aryl methyl sites for hydroxylation is 2. The van der Waals surface area contributed by atoms with Gasteiger partial charge in [0.05, 0.1) is 30.1 Å². The molecular formula is C25H22ClN7O2. The summed E-state index contributed by atoms with van der Waals surface area (Å²) in [5.74, 6) is 1.70. The zero-order valence-corrected chi connectivity index (χ0v) is 19.9. The van der Waals surface area contributed by atoms with Crippen molar-refractivity contribution in [2.45, 2.75) is 19.8 Å². The first-order chi connectivity index (χ1) is 17.0. The Bertz CT molecular complexity index is 1510. The normalized spacial score (nSPS) is 11.1. The number of ether oxygens (including phenoxy) is 1. The number of nitrogens with zero attached hydrogens (tertiary/aromatic N) is 6. The fourth-order valence-corrected chi connectivity index (χ4v) is 3.99. The summed E-state index contributed by atoms with van der Waals surface area (Å²) in [6.45, 7) is 1.86. The number of carbonyl (C=O) groups is 1. The fraction of sp³-hybridized carbons (Fsp3) is 0.160. The number of anilines is 1. The molecule has 0 fully saturated rings. The van der Waals surface area contributed by atoms with Crippen molar-refractivity contribution in [2.75, 3.05) is 12.4 Å². The first kappa shape index (κ1) is 22.5. The Morgan fingerprint density at radius 2 is 1.91 bits per heavy atom. The minimum Gasteiger partial charge on any atom is -0.497 e. The zero-order chi connectivity index (χ0) is 24.4. The number of fused-ring (bicyclic) bond motifs is 1. The van der Waals surface area contributed by atoms with Gasteiger partial charge in [0.1, 0.15) is 17.9 Å². The number of carbonyl (C=O) groups excluding carboxylic acids is 1. The largest absolute Gasteiger partial charge is 0.497 e. The van der Waals surface area contributed by atoms with Gasteiger partial charge in [-0.1, -0.05) is 29.8 Å². The van der Waals surface area contributed by atoms with Gasteiger partial charge in [-0.3, -0.25) is 4.79 Å². The van der Waals surface area contributed by atoms with Gasteiger partial charge in [-0.2, -0.15) is 14.9 Å². The van der Waals surface area contributed by atoms with Crippen molar-refractivity contribution >= 4 is 34.4 Å².